The van der Waals surface area contributed by atoms with Gasteiger partial charge in [0, 0.05) is 71.4 Å². The van der Waals surface area contributed by atoms with Crippen molar-refractivity contribution in [2.45, 2.75) is 19.6 Å². The fraction of sp³-hybridized carbons (Fsp3) is 0.500. The van der Waals surface area contributed by atoms with Gasteiger partial charge < -0.3 is 13.7 Å². The van der Waals surface area contributed by atoms with Gasteiger partial charge in [-0.2, -0.15) is 0 Å². The number of rotatable bonds is 9. The maximum absolute atomic E-state index is 8.49. The summed E-state index contributed by atoms with van der Waals surface area (Å²) in [5, 5.41) is 0. The molecule has 16 nitrogen and oxygen atoms in total. The van der Waals surface area contributed by atoms with Crippen molar-refractivity contribution in [3.05, 3.63) is 54.7 Å². The Labute approximate surface area is 228 Å². The second kappa shape index (κ2) is 16.3. The summed E-state index contributed by atoms with van der Waals surface area (Å²) in [4.78, 5) is 18.0. The zero-order valence-electron chi connectivity index (χ0n) is 20.5. The largest absolute Gasteiger partial charge is 2.00 e. The molecule has 0 aliphatic heterocycles. The molecule has 37 heavy (non-hydrogen) atoms. The van der Waals surface area contributed by atoms with E-state index in [1.807, 2.05) is 58.3 Å². The van der Waals surface area contributed by atoms with E-state index in [0.29, 0.717) is 0 Å². The van der Waals surface area contributed by atoms with Gasteiger partial charge in [-0.15, -0.1) is 20.5 Å². The van der Waals surface area contributed by atoms with Crippen LogP contribution in [-0.2, 0) is 57.8 Å². The summed E-state index contributed by atoms with van der Waals surface area (Å²) >= 11 is 0. The minimum Gasteiger partial charge on any atom is -0.337 e. The fourth-order valence-electron chi connectivity index (χ4n) is 2.89. The van der Waals surface area contributed by atoms with Gasteiger partial charge in [0.15, 0.2) is 0 Å². The molecule has 3 heterocycles. The van der Waals surface area contributed by atoms with Gasteiger partial charge in [-0.1, -0.05) is 0 Å². The Kier molecular flexibility index (Phi) is 15.6. The van der Waals surface area contributed by atoms with E-state index < -0.39 is 20.5 Å². The third-order valence-corrected chi connectivity index (χ3v) is 4.70. The van der Waals surface area contributed by atoms with Crippen molar-refractivity contribution in [1.82, 2.24) is 38.5 Å². The minimum atomic E-state index is -4.94. The second-order valence-electron chi connectivity index (χ2n) is 7.57. The Morgan fingerprint density at radius 3 is 1.19 bits per heavy atom. The summed E-state index contributed by atoms with van der Waals surface area (Å²) in [7, 11) is -1.65. The van der Waals surface area contributed by atoms with Gasteiger partial charge in [-0.25, -0.2) is 52.2 Å². The molecule has 209 valence electrons. The van der Waals surface area contributed by atoms with Crippen LogP contribution in [0.1, 0.15) is 17.5 Å². The van der Waals surface area contributed by atoms with Crippen molar-refractivity contribution in [2.24, 2.45) is 21.1 Å². The Balaban J connectivity index is 0.00000101. The maximum atomic E-state index is 8.49. The van der Waals surface area contributed by atoms with Crippen LogP contribution in [0.25, 0.3) is 0 Å². The SMILES string of the molecule is CN(CCN(Cc1nccn1C)Cc1nccn1C)Cc1nccn1C.[Mn+2].[O-][Cl+3]([O-])([O-])[O-].[O-][Cl+3]([O-])([O-])[O-]. The molecule has 0 unspecified atom stereocenters. The zero-order chi connectivity index (χ0) is 27.5. The van der Waals surface area contributed by atoms with E-state index in [1.54, 1.807) is 0 Å². The van der Waals surface area contributed by atoms with Crippen LogP contribution in [0, 0.1) is 20.5 Å². The maximum Gasteiger partial charge on any atom is 2.00 e. The number of imidazole rings is 3. The van der Waals surface area contributed by atoms with Crippen LogP contribution in [-0.4, -0.2) is 58.6 Å². The van der Waals surface area contributed by atoms with Crippen LogP contribution in [0.15, 0.2) is 37.2 Å². The van der Waals surface area contributed by atoms with Crippen LogP contribution in [0.4, 0.5) is 0 Å². The average Bonchev–Trinajstić information content (AvgIpc) is 3.41. The van der Waals surface area contributed by atoms with Crippen LogP contribution in [0.3, 0.4) is 0 Å². The Hall–Kier alpha value is -1.67. The van der Waals surface area contributed by atoms with Crippen LogP contribution < -0.4 is 37.3 Å². The van der Waals surface area contributed by atoms with E-state index in [4.69, 9.17) is 37.3 Å². The minimum absolute atomic E-state index is 0. The smallest absolute Gasteiger partial charge is 0.337 e. The Morgan fingerprint density at radius 2 is 0.919 bits per heavy atom. The molecule has 0 aromatic carbocycles. The molecule has 0 amide bonds. The van der Waals surface area contributed by atoms with E-state index in [9.17, 15) is 0 Å². The predicted octanol–water partition coefficient (Wildman–Crippen LogP) is -8.49. The van der Waals surface area contributed by atoms with Crippen LogP contribution >= 0.6 is 0 Å². The molecule has 1 radical (unpaired) electrons. The monoisotopic (exact) mass is 609 g/mol. The van der Waals surface area contributed by atoms with Crippen molar-refractivity contribution in [3.63, 3.8) is 0 Å². The number of hydrogen-bond donors (Lipinski definition) is 0. The molecular weight excluding hydrogens is 582 g/mol. The van der Waals surface area contributed by atoms with E-state index in [0.717, 1.165) is 50.2 Å². The summed E-state index contributed by atoms with van der Waals surface area (Å²) in [5.74, 6) is 3.20. The molecule has 0 N–H and O–H groups in total. The topological polar surface area (TPSA) is 244 Å². The van der Waals surface area contributed by atoms with Crippen molar-refractivity contribution in [2.75, 3.05) is 20.1 Å². The first kappa shape index (κ1) is 35.3. The molecular formula is C18H28Cl2MnN8O8. The average molecular weight is 610 g/mol. The summed E-state index contributed by atoms with van der Waals surface area (Å²) in [6, 6.07) is 0. The van der Waals surface area contributed by atoms with E-state index in [1.165, 1.54) is 0 Å². The Bertz CT molecular complexity index is 958. The molecule has 3 aromatic rings. The normalized spacial score (nSPS) is 11.5. The molecule has 3 aromatic heterocycles. The van der Waals surface area contributed by atoms with Crippen molar-refractivity contribution < 1.29 is 74.8 Å². The number of aromatic nitrogens is 6. The summed E-state index contributed by atoms with van der Waals surface area (Å²) in [6.07, 6.45) is 11.5. The van der Waals surface area contributed by atoms with Crippen LogP contribution in [0.5, 0.6) is 0 Å². The first-order valence-corrected chi connectivity index (χ1v) is 12.5. The summed E-state index contributed by atoms with van der Waals surface area (Å²) in [5.41, 5.74) is 0. The van der Waals surface area contributed by atoms with Crippen molar-refractivity contribution >= 4 is 0 Å². The predicted molar refractivity (Wildman–Crippen MR) is 100 cm³/mol. The number of likely N-dealkylation sites (N-methyl/N-ethyl adjacent to an activating group) is 1. The zero-order valence-corrected chi connectivity index (χ0v) is 23.2. The van der Waals surface area contributed by atoms with Crippen LogP contribution in [0.2, 0.25) is 0 Å². The molecule has 0 saturated heterocycles. The molecule has 3 rings (SSSR count). The molecule has 0 bridgehead atoms. The van der Waals surface area contributed by atoms with E-state index in [2.05, 4.69) is 45.5 Å². The summed E-state index contributed by atoms with van der Waals surface area (Å²) < 4.78 is 74.2. The first-order valence-electron chi connectivity index (χ1n) is 10.1. The number of hydrogen-bond acceptors (Lipinski definition) is 13. The molecule has 0 saturated carbocycles. The van der Waals surface area contributed by atoms with Gasteiger partial charge in [-0.3, -0.25) is 9.80 Å². The van der Waals surface area contributed by atoms with Gasteiger partial charge in [0.1, 0.15) is 17.5 Å². The van der Waals surface area contributed by atoms with Crippen molar-refractivity contribution in [3.8, 4) is 0 Å². The molecule has 19 heteroatoms. The number of halogens is 2. The second-order valence-corrected chi connectivity index (χ2v) is 9.08. The quantitative estimate of drug-likeness (QED) is 0.205. The molecule has 0 spiro atoms. The first-order chi connectivity index (χ1) is 16.5. The number of nitrogens with zero attached hydrogens (tertiary/aromatic N) is 8. The van der Waals surface area contributed by atoms with Gasteiger partial charge in [0.2, 0.25) is 0 Å². The van der Waals surface area contributed by atoms with Gasteiger partial charge in [0.25, 0.3) is 0 Å². The molecule has 0 fully saturated rings. The third kappa shape index (κ3) is 17.5. The molecule has 0 aliphatic rings. The fourth-order valence-corrected chi connectivity index (χ4v) is 2.89. The van der Waals surface area contributed by atoms with Gasteiger partial charge in [0.05, 0.1) is 19.6 Å². The van der Waals surface area contributed by atoms with Gasteiger partial charge in [-0.05, 0) is 7.05 Å². The standard InChI is InChI=1S/C18H28N8.2ClHO4.Mn/c1-22(13-16-19-5-8-23(16)2)11-12-26(14-17-20-6-9-24(17)3)15-18-21-7-10-25(18)4;2*2-1(3,4)5;/h5-10H,11-15H2,1-4H3;2*(H,2,3,4,5);/q;;;+2/p-2. The van der Waals surface area contributed by atoms with E-state index >= 15 is 0 Å². The van der Waals surface area contributed by atoms with Gasteiger partial charge >= 0.3 is 17.1 Å². The third-order valence-electron chi connectivity index (χ3n) is 4.70. The van der Waals surface area contributed by atoms with Crippen molar-refractivity contribution in [1.29, 1.82) is 0 Å². The van der Waals surface area contributed by atoms with E-state index in [-0.39, 0.29) is 17.1 Å². The Morgan fingerprint density at radius 1 is 0.622 bits per heavy atom. The molecule has 0 aliphatic carbocycles. The number of aryl methyl sites for hydroxylation is 3. The summed E-state index contributed by atoms with van der Waals surface area (Å²) in [6.45, 7) is 4.31. The molecule has 0 atom stereocenters.